The maximum atomic E-state index is 5.90. The Hall–Kier alpha value is -1.19. The lowest BCUT2D eigenvalue weighted by molar-refractivity contribution is 0.820. The molecule has 14 heavy (non-hydrogen) atoms. The fourth-order valence-electron chi connectivity index (χ4n) is 1.45. The van der Waals surface area contributed by atoms with Crippen LogP contribution in [0.1, 0.15) is 18.5 Å². The van der Waals surface area contributed by atoms with Gasteiger partial charge in [0.15, 0.2) is 0 Å². The van der Waals surface area contributed by atoms with E-state index in [0.29, 0.717) is 0 Å². The third-order valence-electron chi connectivity index (χ3n) is 2.11. The smallest absolute Gasteiger partial charge is 0.123 e. The van der Waals surface area contributed by atoms with E-state index in [4.69, 9.17) is 5.73 Å². The van der Waals surface area contributed by atoms with Gasteiger partial charge in [0.1, 0.15) is 5.01 Å². The van der Waals surface area contributed by atoms with Crippen molar-refractivity contribution in [3.63, 3.8) is 0 Å². The van der Waals surface area contributed by atoms with Gasteiger partial charge in [0.05, 0.1) is 0 Å². The van der Waals surface area contributed by atoms with Crippen LogP contribution in [0.2, 0.25) is 0 Å². The van der Waals surface area contributed by atoms with E-state index >= 15 is 0 Å². The predicted octanol–water partition coefficient (Wildman–Crippen LogP) is 2.83. The molecule has 0 saturated heterocycles. The first-order chi connectivity index (χ1) is 6.79. The van der Waals surface area contributed by atoms with Gasteiger partial charge in [-0.2, -0.15) is 0 Å². The Morgan fingerprint density at radius 3 is 2.79 bits per heavy atom. The van der Waals surface area contributed by atoms with Crippen molar-refractivity contribution in [2.75, 3.05) is 0 Å². The molecule has 0 aliphatic heterocycles. The summed E-state index contributed by atoms with van der Waals surface area (Å²) in [5, 5.41) is 3.02. The van der Waals surface area contributed by atoms with Crippen molar-refractivity contribution in [1.29, 1.82) is 0 Å². The lowest BCUT2D eigenvalue weighted by Crippen LogP contribution is -2.06. The Labute approximate surface area is 87.4 Å². The van der Waals surface area contributed by atoms with Crippen LogP contribution in [-0.4, -0.2) is 4.98 Å². The molecule has 2 nitrogen and oxygen atoms in total. The second-order valence-corrected chi connectivity index (χ2v) is 4.11. The second-order valence-electron chi connectivity index (χ2n) is 3.21. The van der Waals surface area contributed by atoms with Gasteiger partial charge >= 0.3 is 0 Å². The van der Waals surface area contributed by atoms with E-state index in [0.717, 1.165) is 16.1 Å². The van der Waals surface area contributed by atoms with E-state index in [1.54, 1.807) is 11.3 Å². The third kappa shape index (κ3) is 1.69. The number of benzene rings is 1. The summed E-state index contributed by atoms with van der Waals surface area (Å²) in [6, 6.07) is 8.20. The number of thiazole rings is 1. The molecule has 2 N–H and O–H groups in total. The summed E-state index contributed by atoms with van der Waals surface area (Å²) in [5.74, 6) is 0. The van der Waals surface area contributed by atoms with Crippen LogP contribution in [0.15, 0.2) is 35.8 Å². The van der Waals surface area contributed by atoms with Crippen molar-refractivity contribution >= 4 is 11.3 Å². The molecule has 1 atom stereocenters. The summed E-state index contributed by atoms with van der Waals surface area (Å²) in [5.41, 5.74) is 8.20. The van der Waals surface area contributed by atoms with Gasteiger partial charge in [-0.15, -0.1) is 11.3 Å². The average Bonchev–Trinajstić information content (AvgIpc) is 2.70. The van der Waals surface area contributed by atoms with Gasteiger partial charge in [-0.25, -0.2) is 4.98 Å². The zero-order chi connectivity index (χ0) is 9.97. The van der Waals surface area contributed by atoms with Crippen molar-refractivity contribution in [1.82, 2.24) is 4.98 Å². The van der Waals surface area contributed by atoms with Crippen LogP contribution in [0, 0.1) is 0 Å². The minimum Gasteiger partial charge on any atom is -0.324 e. The number of hydrogen-bond acceptors (Lipinski definition) is 3. The molecule has 0 bridgehead atoms. The highest BCUT2D eigenvalue weighted by Crippen LogP contribution is 2.28. The van der Waals surface area contributed by atoms with Gasteiger partial charge in [0.25, 0.3) is 0 Å². The molecule has 1 aromatic carbocycles. The lowest BCUT2D eigenvalue weighted by atomic mass is 10.0. The highest BCUT2D eigenvalue weighted by atomic mass is 32.1. The molecule has 3 heteroatoms. The van der Waals surface area contributed by atoms with Gasteiger partial charge in [-0.3, -0.25) is 0 Å². The molecule has 72 valence electrons. The largest absolute Gasteiger partial charge is 0.324 e. The van der Waals surface area contributed by atoms with Crippen LogP contribution in [0.4, 0.5) is 0 Å². The summed E-state index contributed by atoms with van der Waals surface area (Å²) >= 11 is 1.64. The molecule has 1 heterocycles. The minimum atomic E-state index is 0.0510. The van der Waals surface area contributed by atoms with E-state index < -0.39 is 0 Å². The summed E-state index contributed by atoms with van der Waals surface area (Å²) in [4.78, 5) is 4.29. The van der Waals surface area contributed by atoms with Crippen LogP contribution >= 0.6 is 11.3 Å². The van der Waals surface area contributed by atoms with E-state index in [1.165, 1.54) is 0 Å². The summed E-state index contributed by atoms with van der Waals surface area (Å²) in [6.45, 7) is 1.99. The fourth-order valence-corrected chi connectivity index (χ4v) is 2.13. The number of nitrogens with two attached hydrogens (primary N) is 1. The standard InChI is InChI=1S/C11H12N2S/c1-8(12)9-4-2-3-5-10(9)11-13-6-7-14-11/h2-8H,12H2,1H3. The van der Waals surface area contributed by atoms with Crippen LogP contribution in [-0.2, 0) is 0 Å². The fraction of sp³-hybridized carbons (Fsp3) is 0.182. The van der Waals surface area contributed by atoms with E-state index in [-0.39, 0.29) is 6.04 Å². The number of nitrogens with zero attached hydrogens (tertiary/aromatic N) is 1. The zero-order valence-electron chi connectivity index (χ0n) is 7.97. The van der Waals surface area contributed by atoms with Crippen LogP contribution < -0.4 is 5.73 Å². The predicted molar refractivity (Wildman–Crippen MR) is 60.2 cm³/mol. The zero-order valence-corrected chi connectivity index (χ0v) is 8.79. The Morgan fingerprint density at radius 1 is 1.36 bits per heavy atom. The Kier molecular flexibility index (Phi) is 2.61. The van der Waals surface area contributed by atoms with E-state index in [9.17, 15) is 0 Å². The first-order valence-corrected chi connectivity index (χ1v) is 5.41. The molecular weight excluding hydrogens is 192 g/mol. The molecule has 0 aliphatic carbocycles. The monoisotopic (exact) mass is 204 g/mol. The maximum Gasteiger partial charge on any atom is 0.123 e. The number of rotatable bonds is 2. The van der Waals surface area contributed by atoms with Crippen LogP contribution in [0.3, 0.4) is 0 Å². The molecule has 0 aliphatic rings. The Bertz CT molecular complexity index is 407. The molecule has 1 aromatic heterocycles. The molecule has 0 fully saturated rings. The highest BCUT2D eigenvalue weighted by Gasteiger charge is 2.09. The topological polar surface area (TPSA) is 38.9 Å². The van der Waals surface area contributed by atoms with Crippen molar-refractivity contribution in [2.45, 2.75) is 13.0 Å². The lowest BCUT2D eigenvalue weighted by Gasteiger charge is -2.09. The minimum absolute atomic E-state index is 0.0510. The summed E-state index contributed by atoms with van der Waals surface area (Å²) < 4.78 is 0. The van der Waals surface area contributed by atoms with Crippen molar-refractivity contribution in [3.8, 4) is 10.6 Å². The molecule has 1 unspecified atom stereocenters. The summed E-state index contributed by atoms with van der Waals surface area (Å²) in [7, 11) is 0. The normalized spacial score (nSPS) is 12.7. The molecule has 0 radical (unpaired) electrons. The molecule has 0 spiro atoms. The second kappa shape index (κ2) is 3.90. The van der Waals surface area contributed by atoms with Gasteiger partial charge in [0, 0.05) is 23.2 Å². The summed E-state index contributed by atoms with van der Waals surface area (Å²) in [6.07, 6.45) is 1.82. The van der Waals surface area contributed by atoms with Crippen molar-refractivity contribution < 1.29 is 0 Å². The molecule has 2 rings (SSSR count). The van der Waals surface area contributed by atoms with Gasteiger partial charge < -0.3 is 5.73 Å². The highest BCUT2D eigenvalue weighted by molar-refractivity contribution is 7.13. The van der Waals surface area contributed by atoms with Gasteiger partial charge in [-0.05, 0) is 12.5 Å². The third-order valence-corrected chi connectivity index (χ3v) is 2.92. The quantitative estimate of drug-likeness (QED) is 0.817. The SMILES string of the molecule is CC(N)c1ccccc1-c1nccs1. The first kappa shape index (κ1) is 9.37. The van der Waals surface area contributed by atoms with Crippen molar-refractivity contribution in [3.05, 3.63) is 41.4 Å². The number of hydrogen-bond donors (Lipinski definition) is 1. The van der Waals surface area contributed by atoms with Gasteiger partial charge in [-0.1, -0.05) is 24.3 Å². The number of aromatic nitrogens is 1. The van der Waals surface area contributed by atoms with E-state index in [1.807, 2.05) is 30.6 Å². The Balaban J connectivity index is 2.53. The van der Waals surface area contributed by atoms with Crippen LogP contribution in [0.5, 0.6) is 0 Å². The van der Waals surface area contributed by atoms with Crippen molar-refractivity contribution in [2.24, 2.45) is 5.73 Å². The van der Waals surface area contributed by atoms with Crippen LogP contribution in [0.25, 0.3) is 10.6 Å². The molecule has 2 aromatic rings. The molecular formula is C11H12N2S. The van der Waals surface area contributed by atoms with E-state index in [2.05, 4.69) is 17.1 Å². The Morgan fingerprint density at radius 2 is 2.14 bits per heavy atom. The average molecular weight is 204 g/mol. The maximum absolute atomic E-state index is 5.90. The molecule has 0 saturated carbocycles. The van der Waals surface area contributed by atoms with Gasteiger partial charge in [0.2, 0.25) is 0 Å². The molecule has 0 amide bonds. The first-order valence-electron chi connectivity index (χ1n) is 4.53.